The Labute approximate surface area is 103 Å². The van der Waals surface area contributed by atoms with Crippen LogP contribution >= 0.6 is 11.6 Å². The summed E-state index contributed by atoms with van der Waals surface area (Å²) in [5.41, 5.74) is -1.69. The van der Waals surface area contributed by atoms with Crippen molar-refractivity contribution in [2.75, 3.05) is 5.88 Å². The molecule has 0 fully saturated rings. The highest BCUT2D eigenvalue weighted by Gasteiger charge is 2.34. The molecule has 0 bridgehead atoms. The molecule has 0 saturated carbocycles. The first kappa shape index (κ1) is 14.7. The van der Waals surface area contributed by atoms with Gasteiger partial charge in [-0.2, -0.15) is 0 Å². The quantitative estimate of drug-likeness (QED) is 0.476. The number of ether oxygens (including phenoxy) is 1. The number of benzene rings is 1. The van der Waals surface area contributed by atoms with Gasteiger partial charge in [-0.05, 0) is 6.07 Å². The largest absolute Gasteiger partial charge is 0.573 e. The minimum absolute atomic E-state index is 0.582. The maximum atomic E-state index is 12.7. The second kappa shape index (κ2) is 5.51. The predicted molar refractivity (Wildman–Crippen MR) is 53.1 cm³/mol. The molecule has 18 heavy (non-hydrogen) atoms. The van der Waals surface area contributed by atoms with Gasteiger partial charge in [0.1, 0.15) is 5.75 Å². The number of Topliss-reactive ketones (excluding diaryl/α,β-unsaturated/α-hetero) is 1. The summed E-state index contributed by atoms with van der Waals surface area (Å²) in [7, 11) is 0. The third kappa shape index (κ3) is 3.56. The Kier molecular flexibility index (Phi) is 4.50. The van der Waals surface area contributed by atoms with E-state index in [-0.39, 0.29) is 0 Å². The number of hydrogen-bond acceptors (Lipinski definition) is 2. The van der Waals surface area contributed by atoms with Crippen LogP contribution < -0.4 is 4.74 Å². The van der Waals surface area contributed by atoms with E-state index >= 15 is 0 Å². The van der Waals surface area contributed by atoms with Crippen LogP contribution in [0.25, 0.3) is 0 Å². The normalized spacial score (nSPS) is 11.7. The second-order valence-corrected chi connectivity index (χ2v) is 3.39. The molecule has 0 radical (unpaired) electrons. The fraction of sp³-hybridized carbons (Fsp3) is 0.300. The van der Waals surface area contributed by atoms with Gasteiger partial charge in [0, 0.05) is 5.56 Å². The summed E-state index contributed by atoms with van der Waals surface area (Å²) in [6.07, 6.45) is -8.41. The number of ketones is 1. The predicted octanol–water partition coefficient (Wildman–Crippen LogP) is 3.94. The van der Waals surface area contributed by atoms with Crippen LogP contribution in [0.15, 0.2) is 18.2 Å². The van der Waals surface area contributed by atoms with Gasteiger partial charge in [-0.15, -0.1) is 24.8 Å². The Morgan fingerprint density at radius 3 is 2.39 bits per heavy atom. The molecule has 8 heteroatoms. The fourth-order valence-electron chi connectivity index (χ4n) is 1.30. The first-order chi connectivity index (χ1) is 8.26. The van der Waals surface area contributed by atoms with Crippen molar-refractivity contribution in [3.8, 4) is 5.75 Å². The van der Waals surface area contributed by atoms with Gasteiger partial charge in [-0.25, -0.2) is 8.78 Å². The van der Waals surface area contributed by atoms with E-state index in [2.05, 4.69) is 4.74 Å². The lowest BCUT2D eigenvalue weighted by molar-refractivity contribution is -0.275. The smallest absolute Gasteiger partial charge is 0.405 e. The van der Waals surface area contributed by atoms with Crippen molar-refractivity contribution in [1.29, 1.82) is 0 Å². The van der Waals surface area contributed by atoms with Gasteiger partial charge in [0.05, 0.1) is 11.4 Å². The van der Waals surface area contributed by atoms with Crippen LogP contribution in [-0.4, -0.2) is 18.0 Å². The summed E-state index contributed by atoms with van der Waals surface area (Å²) in [4.78, 5) is 11.3. The highest BCUT2D eigenvalue weighted by Crippen LogP contribution is 2.35. The van der Waals surface area contributed by atoms with Crippen LogP contribution in [0.1, 0.15) is 22.3 Å². The van der Waals surface area contributed by atoms with E-state index in [0.29, 0.717) is 6.07 Å². The van der Waals surface area contributed by atoms with E-state index in [9.17, 15) is 26.7 Å². The van der Waals surface area contributed by atoms with E-state index in [1.54, 1.807) is 0 Å². The molecule has 1 aromatic rings. The zero-order valence-electron chi connectivity index (χ0n) is 8.60. The van der Waals surface area contributed by atoms with Crippen molar-refractivity contribution in [2.24, 2.45) is 0 Å². The van der Waals surface area contributed by atoms with Crippen molar-refractivity contribution in [3.05, 3.63) is 29.3 Å². The van der Waals surface area contributed by atoms with E-state index < -0.39 is 41.3 Å². The maximum Gasteiger partial charge on any atom is 0.573 e. The van der Waals surface area contributed by atoms with Gasteiger partial charge in [0.2, 0.25) is 0 Å². The van der Waals surface area contributed by atoms with E-state index in [1.807, 2.05) is 0 Å². The highest BCUT2D eigenvalue weighted by atomic mass is 35.5. The van der Waals surface area contributed by atoms with Crippen molar-refractivity contribution in [2.45, 2.75) is 12.8 Å². The van der Waals surface area contributed by atoms with Gasteiger partial charge in [-0.1, -0.05) is 12.1 Å². The number of hydrogen-bond donors (Lipinski definition) is 0. The molecule has 0 atom stereocenters. The highest BCUT2D eigenvalue weighted by molar-refractivity contribution is 6.30. The van der Waals surface area contributed by atoms with Gasteiger partial charge in [0.15, 0.2) is 5.78 Å². The molecular weight excluding hydrogens is 283 g/mol. The van der Waals surface area contributed by atoms with Gasteiger partial charge in [-0.3, -0.25) is 4.79 Å². The van der Waals surface area contributed by atoms with Crippen molar-refractivity contribution in [3.63, 3.8) is 0 Å². The summed E-state index contributed by atoms with van der Waals surface area (Å²) >= 11 is 5.19. The average molecular weight is 289 g/mol. The average Bonchev–Trinajstić information content (AvgIpc) is 2.25. The third-order valence-electron chi connectivity index (χ3n) is 1.93. The Morgan fingerprint density at radius 2 is 1.94 bits per heavy atom. The van der Waals surface area contributed by atoms with Crippen molar-refractivity contribution >= 4 is 17.4 Å². The SMILES string of the molecule is O=C(CCl)c1cccc(OC(F)(F)F)c1C(F)F. The van der Waals surface area contributed by atoms with E-state index in [1.165, 1.54) is 0 Å². The standard InChI is InChI=1S/C10H6ClF5O2/c11-4-6(17)5-2-1-3-7(8(5)9(12)13)18-10(14,15)16/h1-3,9H,4H2. The van der Waals surface area contributed by atoms with Gasteiger partial charge < -0.3 is 4.74 Å². The number of alkyl halides is 6. The van der Waals surface area contributed by atoms with Gasteiger partial charge in [0.25, 0.3) is 6.43 Å². The first-order valence-corrected chi connectivity index (χ1v) is 5.05. The molecule has 1 rings (SSSR count). The van der Waals surface area contributed by atoms with Crippen molar-refractivity contribution < 1.29 is 31.5 Å². The van der Waals surface area contributed by atoms with Crippen molar-refractivity contribution in [1.82, 2.24) is 0 Å². The van der Waals surface area contributed by atoms with Crippen LogP contribution in [0.3, 0.4) is 0 Å². The molecule has 0 aliphatic heterocycles. The number of rotatable bonds is 4. The monoisotopic (exact) mass is 288 g/mol. The van der Waals surface area contributed by atoms with E-state index in [4.69, 9.17) is 11.6 Å². The minimum Gasteiger partial charge on any atom is -0.405 e. The molecule has 0 aromatic heterocycles. The summed E-state index contributed by atoms with van der Waals surface area (Å²) in [5, 5.41) is 0. The second-order valence-electron chi connectivity index (χ2n) is 3.12. The van der Waals surface area contributed by atoms with Crippen LogP contribution in [0.4, 0.5) is 22.0 Å². The summed E-state index contributed by atoms with van der Waals surface area (Å²) in [6, 6.07) is 2.68. The number of halogens is 6. The molecule has 0 spiro atoms. The molecule has 2 nitrogen and oxygen atoms in total. The Balaban J connectivity index is 3.30. The minimum atomic E-state index is -5.12. The molecule has 0 amide bonds. The zero-order valence-corrected chi connectivity index (χ0v) is 9.36. The Morgan fingerprint density at radius 1 is 1.33 bits per heavy atom. The lowest BCUT2D eigenvalue weighted by atomic mass is 10.0. The van der Waals surface area contributed by atoms with Gasteiger partial charge >= 0.3 is 6.36 Å². The number of carbonyl (C=O) groups is 1. The summed E-state index contributed by atoms with van der Waals surface area (Å²) in [5.74, 6) is -2.62. The topological polar surface area (TPSA) is 26.3 Å². The van der Waals surface area contributed by atoms with Crippen LogP contribution in [0.2, 0.25) is 0 Å². The first-order valence-electron chi connectivity index (χ1n) is 4.52. The summed E-state index contributed by atoms with van der Waals surface area (Å²) < 4.78 is 65.0. The molecule has 0 heterocycles. The fourth-order valence-corrected chi connectivity index (χ4v) is 1.44. The molecule has 0 N–H and O–H groups in total. The zero-order chi connectivity index (χ0) is 13.9. The molecule has 0 aliphatic carbocycles. The molecule has 0 unspecified atom stereocenters. The van der Waals surface area contributed by atoms with Crippen LogP contribution in [0.5, 0.6) is 5.75 Å². The molecule has 0 saturated heterocycles. The maximum absolute atomic E-state index is 12.7. The van der Waals surface area contributed by atoms with Crippen LogP contribution in [-0.2, 0) is 0 Å². The molecular formula is C10H6ClF5O2. The molecule has 1 aromatic carbocycles. The lowest BCUT2D eigenvalue weighted by Gasteiger charge is -2.15. The van der Waals surface area contributed by atoms with Crippen LogP contribution in [0, 0.1) is 0 Å². The number of carbonyl (C=O) groups excluding carboxylic acids is 1. The van der Waals surface area contributed by atoms with E-state index in [0.717, 1.165) is 12.1 Å². The molecule has 100 valence electrons. The third-order valence-corrected chi connectivity index (χ3v) is 2.17. The lowest BCUT2D eigenvalue weighted by Crippen LogP contribution is -2.19. The Hall–Kier alpha value is -1.37. The Bertz CT molecular complexity index is 444. The summed E-state index contributed by atoms with van der Waals surface area (Å²) in [6.45, 7) is 0. The molecule has 0 aliphatic rings.